The van der Waals surface area contributed by atoms with Crippen LogP contribution in [-0.4, -0.2) is 23.2 Å². The van der Waals surface area contributed by atoms with Gasteiger partial charge in [0.2, 0.25) is 0 Å². The van der Waals surface area contributed by atoms with Crippen molar-refractivity contribution in [3.63, 3.8) is 0 Å². The molecule has 1 aliphatic rings. The molecule has 0 spiro atoms. The molecule has 2 aromatic carbocycles. The number of carboxylic acids is 1. The second-order valence-electron chi connectivity index (χ2n) is 6.02. The lowest BCUT2D eigenvalue weighted by atomic mass is 9.89. The number of aliphatic carboxylic acids is 1. The van der Waals surface area contributed by atoms with E-state index in [2.05, 4.69) is 41.7 Å². The van der Waals surface area contributed by atoms with Crippen LogP contribution in [0.1, 0.15) is 24.0 Å². The molecule has 3 rings (SSSR count). The molecule has 0 saturated carbocycles. The van der Waals surface area contributed by atoms with Crippen LogP contribution in [0.5, 0.6) is 0 Å². The molecule has 3 nitrogen and oxygen atoms in total. The Hall–Kier alpha value is -1.49. The van der Waals surface area contributed by atoms with Crippen molar-refractivity contribution in [3.8, 4) is 0 Å². The normalized spacial score (nSPS) is 19.7. The number of hydrogen-bond donors (Lipinski definition) is 2. The van der Waals surface area contributed by atoms with E-state index in [0.717, 1.165) is 24.3 Å². The predicted octanol–water partition coefficient (Wildman–Crippen LogP) is 4.15. The highest BCUT2D eigenvalue weighted by atomic mass is 35.5. The van der Waals surface area contributed by atoms with Crippen LogP contribution in [0.15, 0.2) is 59.5 Å². The average molecular weight is 364 g/mol. The number of thioether (sulfide) groups is 1. The van der Waals surface area contributed by atoms with Gasteiger partial charge in [0.15, 0.2) is 0 Å². The molecular formula is C19H22ClNO2S. The maximum atomic E-state index is 11.7. The van der Waals surface area contributed by atoms with Gasteiger partial charge in [-0.2, -0.15) is 0 Å². The van der Waals surface area contributed by atoms with Crippen LogP contribution in [0.3, 0.4) is 0 Å². The maximum Gasteiger partial charge on any atom is 0.324 e. The minimum Gasteiger partial charge on any atom is -0.480 e. The molecular weight excluding hydrogens is 342 g/mol. The zero-order valence-electron chi connectivity index (χ0n) is 13.4. The Morgan fingerprint density at radius 3 is 2.54 bits per heavy atom. The van der Waals surface area contributed by atoms with Crippen molar-refractivity contribution < 1.29 is 9.90 Å². The molecule has 0 aliphatic carbocycles. The first-order valence-corrected chi connectivity index (χ1v) is 8.91. The van der Waals surface area contributed by atoms with E-state index in [1.54, 1.807) is 11.8 Å². The topological polar surface area (TPSA) is 49.3 Å². The Morgan fingerprint density at radius 2 is 1.88 bits per heavy atom. The van der Waals surface area contributed by atoms with Crippen LogP contribution in [0.4, 0.5) is 0 Å². The number of halogens is 1. The summed E-state index contributed by atoms with van der Waals surface area (Å²) in [4.78, 5) is 12.8. The van der Waals surface area contributed by atoms with Crippen LogP contribution in [0.2, 0.25) is 0 Å². The first-order valence-electron chi connectivity index (χ1n) is 7.92. The molecule has 24 heavy (non-hydrogen) atoms. The highest BCUT2D eigenvalue weighted by Gasteiger charge is 2.40. The molecule has 0 unspecified atom stereocenters. The molecule has 0 radical (unpaired) electrons. The van der Waals surface area contributed by atoms with Gasteiger partial charge in [0.1, 0.15) is 5.54 Å². The van der Waals surface area contributed by atoms with Crippen molar-refractivity contribution in [1.29, 1.82) is 0 Å². The van der Waals surface area contributed by atoms with E-state index in [-0.39, 0.29) is 12.4 Å². The molecule has 2 aromatic rings. The molecule has 5 heteroatoms. The second kappa shape index (κ2) is 8.56. The van der Waals surface area contributed by atoms with Crippen molar-refractivity contribution >= 4 is 30.1 Å². The maximum absolute atomic E-state index is 11.7. The third kappa shape index (κ3) is 4.53. The largest absolute Gasteiger partial charge is 0.480 e. The Morgan fingerprint density at radius 1 is 1.12 bits per heavy atom. The smallest absolute Gasteiger partial charge is 0.324 e. The minimum absolute atomic E-state index is 0. The van der Waals surface area contributed by atoms with Crippen molar-refractivity contribution in [1.82, 2.24) is 5.32 Å². The Balaban J connectivity index is 0.00000208. The first kappa shape index (κ1) is 18.8. The zero-order chi connectivity index (χ0) is 16.1. The van der Waals surface area contributed by atoms with Gasteiger partial charge in [-0.25, -0.2) is 0 Å². The summed E-state index contributed by atoms with van der Waals surface area (Å²) in [6.07, 6.45) is 2.17. The number of rotatable bonds is 6. The molecule has 0 aromatic heterocycles. The molecule has 1 fully saturated rings. The fourth-order valence-corrected chi connectivity index (χ4v) is 3.99. The van der Waals surface area contributed by atoms with Crippen LogP contribution >= 0.6 is 24.2 Å². The van der Waals surface area contributed by atoms with E-state index in [9.17, 15) is 9.90 Å². The van der Waals surface area contributed by atoms with E-state index in [4.69, 9.17) is 0 Å². The van der Waals surface area contributed by atoms with E-state index in [1.807, 2.05) is 18.2 Å². The standard InChI is InChI=1S/C19H21NO2S.ClH/c21-18(22)19(10-5-11-20-19)13-16-8-4-9-17(12-16)23-14-15-6-2-1-3-7-15;/h1-4,6-9,12,20H,5,10-11,13-14H2,(H,21,22);1H/t19-;/m1./s1. The molecule has 1 heterocycles. The highest BCUT2D eigenvalue weighted by molar-refractivity contribution is 7.98. The molecule has 1 aliphatic heterocycles. The summed E-state index contributed by atoms with van der Waals surface area (Å²) in [5, 5.41) is 12.8. The van der Waals surface area contributed by atoms with Gasteiger partial charge in [0, 0.05) is 17.1 Å². The minimum atomic E-state index is -0.789. The predicted molar refractivity (Wildman–Crippen MR) is 101 cm³/mol. The van der Waals surface area contributed by atoms with Gasteiger partial charge in [0.05, 0.1) is 0 Å². The summed E-state index contributed by atoms with van der Waals surface area (Å²) in [7, 11) is 0. The summed E-state index contributed by atoms with van der Waals surface area (Å²) in [6.45, 7) is 0.786. The third-order valence-corrected chi connectivity index (χ3v) is 5.37. The second-order valence-corrected chi connectivity index (χ2v) is 7.06. The first-order chi connectivity index (χ1) is 11.2. The van der Waals surface area contributed by atoms with Crippen molar-refractivity contribution in [3.05, 3.63) is 65.7 Å². The van der Waals surface area contributed by atoms with Gasteiger partial charge in [-0.3, -0.25) is 4.79 Å². The van der Waals surface area contributed by atoms with Crippen molar-refractivity contribution in [2.75, 3.05) is 6.54 Å². The third-order valence-electron chi connectivity index (χ3n) is 4.31. The van der Waals surface area contributed by atoms with Crippen LogP contribution in [0, 0.1) is 0 Å². The van der Waals surface area contributed by atoms with Gasteiger partial charge in [-0.15, -0.1) is 24.2 Å². The molecule has 1 atom stereocenters. The summed E-state index contributed by atoms with van der Waals surface area (Å²) >= 11 is 1.79. The average Bonchev–Trinajstić information content (AvgIpc) is 3.04. The van der Waals surface area contributed by atoms with Gasteiger partial charge < -0.3 is 10.4 Å². The van der Waals surface area contributed by atoms with Crippen molar-refractivity contribution in [2.45, 2.75) is 35.4 Å². The van der Waals surface area contributed by atoms with E-state index >= 15 is 0 Å². The molecule has 2 N–H and O–H groups in total. The Bertz CT molecular complexity index is 672. The number of nitrogens with one attached hydrogen (secondary N) is 1. The molecule has 0 amide bonds. The van der Waals surface area contributed by atoms with Gasteiger partial charge >= 0.3 is 5.97 Å². The number of carbonyl (C=O) groups is 1. The number of hydrogen-bond acceptors (Lipinski definition) is 3. The number of benzene rings is 2. The summed E-state index contributed by atoms with van der Waals surface area (Å²) in [6, 6.07) is 18.6. The van der Waals surface area contributed by atoms with E-state index in [0.29, 0.717) is 12.8 Å². The van der Waals surface area contributed by atoms with Crippen LogP contribution in [0.25, 0.3) is 0 Å². The van der Waals surface area contributed by atoms with Crippen LogP contribution < -0.4 is 5.32 Å². The Kier molecular flexibility index (Phi) is 6.72. The molecule has 1 saturated heterocycles. The lowest BCUT2D eigenvalue weighted by molar-refractivity contribution is -0.144. The van der Waals surface area contributed by atoms with Gasteiger partial charge in [-0.1, -0.05) is 42.5 Å². The van der Waals surface area contributed by atoms with Crippen molar-refractivity contribution in [2.24, 2.45) is 0 Å². The SMILES string of the molecule is Cl.O=C(O)[C@]1(Cc2cccc(SCc3ccccc3)c2)CCCN1. The molecule has 128 valence electrons. The Labute approximate surface area is 153 Å². The van der Waals surface area contributed by atoms with E-state index < -0.39 is 11.5 Å². The fraction of sp³-hybridized carbons (Fsp3) is 0.316. The lowest BCUT2D eigenvalue weighted by Crippen LogP contribution is -2.49. The van der Waals surface area contributed by atoms with E-state index in [1.165, 1.54) is 10.5 Å². The summed E-state index contributed by atoms with van der Waals surface area (Å²) in [5.41, 5.74) is 1.59. The number of carboxylic acid groups (broad SMARTS) is 1. The van der Waals surface area contributed by atoms with Gasteiger partial charge in [0.25, 0.3) is 0 Å². The van der Waals surface area contributed by atoms with Gasteiger partial charge in [-0.05, 0) is 42.6 Å². The monoisotopic (exact) mass is 363 g/mol. The lowest BCUT2D eigenvalue weighted by Gasteiger charge is -2.24. The van der Waals surface area contributed by atoms with Crippen LogP contribution in [-0.2, 0) is 17.0 Å². The molecule has 0 bridgehead atoms. The zero-order valence-corrected chi connectivity index (χ0v) is 15.0. The quantitative estimate of drug-likeness (QED) is 0.757. The fourth-order valence-electron chi connectivity index (χ4n) is 3.05. The summed E-state index contributed by atoms with van der Waals surface area (Å²) in [5.74, 6) is 0.185. The highest BCUT2D eigenvalue weighted by Crippen LogP contribution is 2.28. The summed E-state index contributed by atoms with van der Waals surface area (Å²) < 4.78 is 0.